The molecule has 1 N–H and O–H groups in total. The van der Waals surface area contributed by atoms with Gasteiger partial charge in [-0.15, -0.1) is 0 Å². The average Bonchev–Trinajstić information content (AvgIpc) is 2.75. The Balaban J connectivity index is 2.09. The van der Waals surface area contributed by atoms with Crippen LogP contribution in [0.25, 0.3) is 0 Å². The minimum absolute atomic E-state index is 0.284. The van der Waals surface area contributed by atoms with Gasteiger partial charge >= 0.3 is 5.97 Å². The molecule has 0 radical (unpaired) electrons. The Labute approximate surface area is 94.9 Å². The lowest BCUT2D eigenvalue weighted by molar-refractivity contribution is 0.0692. The molecule has 4 nitrogen and oxygen atoms in total. The standard InChI is InChI=1S/C12H17NO3/c1-8-5-9(2)13(6-8)7-11-10(12(14)15)3-4-16-11/h3-4,8-9H,5-7H2,1-2H3,(H,14,15). The third-order valence-corrected chi connectivity index (χ3v) is 3.24. The zero-order chi connectivity index (χ0) is 11.7. The molecule has 1 aliphatic heterocycles. The molecule has 1 aromatic heterocycles. The average molecular weight is 223 g/mol. The Morgan fingerprint density at radius 3 is 2.94 bits per heavy atom. The summed E-state index contributed by atoms with van der Waals surface area (Å²) in [6, 6.07) is 2.02. The van der Waals surface area contributed by atoms with E-state index in [-0.39, 0.29) is 5.56 Å². The van der Waals surface area contributed by atoms with Gasteiger partial charge in [-0.25, -0.2) is 4.79 Å². The molecular formula is C12H17NO3. The predicted molar refractivity (Wildman–Crippen MR) is 59.3 cm³/mol. The van der Waals surface area contributed by atoms with Gasteiger partial charge in [0.25, 0.3) is 0 Å². The third kappa shape index (κ3) is 2.11. The summed E-state index contributed by atoms with van der Waals surface area (Å²) in [5.74, 6) is 0.329. The smallest absolute Gasteiger partial charge is 0.339 e. The molecule has 1 saturated heterocycles. The van der Waals surface area contributed by atoms with Gasteiger partial charge in [-0.1, -0.05) is 6.92 Å². The van der Waals surface area contributed by atoms with Crippen LogP contribution < -0.4 is 0 Å². The quantitative estimate of drug-likeness (QED) is 0.853. The second-order valence-electron chi connectivity index (χ2n) is 4.68. The maximum absolute atomic E-state index is 10.9. The van der Waals surface area contributed by atoms with E-state index in [1.807, 2.05) is 0 Å². The van der Waals surface area contributed by atoms with Crippen LogP contribution in [0.15, 0.2) is 16.7 Å². The number of carboxylic acids is 1. The molecule has 4 heteroatoms. The zero-order valence-corrected chi connectivity index (χ0v) is 9.64. The minimum Gasteiger partial charge on any atom is -0.478 e. The molecule has 2 heterocycles. The second kappa shape index (κ2) is 4.29. The summed E-state index contributed by atoms with van der Waals surface area (Å²) in [6.07, 6.45) is 2.62. The van der Waals surface area contributed by atoms with Crippen molar-refractivity contribution < 1.29 is 14.3 Å². The lowest BCUT2D eigenvalue weighted by atomic mass is 10.1. The molecule has 0 amide bonds. The van der Waals surface area contributed by atoms with E-state index >= 15 is 0 Å². The number of aromatic carboxylic acids is 1. The van der Waals surface area contributed by atoms with Crippen LogP contribution in [0.3, 0.4) is 0 Å². The number of carboxylic acid groups (broad SMARTS) is 1. The normalized spacial score (nSPS) is 26.1. The second-order valence-corrected chi connectivity index (χ2v) is 4.68. The van der Waals surface area contributed by atoms with Gasteiger partial charge in [-0.3, -0.25) is 4.90 Å². The fourth-order valence-electron chi connectivity index (χ4n) is 2.44. The first kappa shape index (κ1) is 11.2. The summed E-state index contributed by atoms with van der Waals surface area (Å²) >= 11 is 0. The molecule has 0 aliphatic carbocycles. The van der Waals surface area contributed by atoms with Crippen LogP contribution in [0.2, 0.25) is 0 Å². The first-order valence-electron chi connectivity index (χ1n) is 5.61. The summed E-state index contributed by atoms with van der Waals surface area (Å²) in [6.45, 7) is 6.00. The highest BCUT2D eigenvalue weighted by Crippen LogP contribution is 2.25. The number of hydrogen-bond acceptors (Lipinski definition) is 3. The number of likely N-dealkylation sites (tertiary alicyclic amines) is 1. The fourth-order valence-corrected chi connectivity index (χ4v) is 2.44. The van der Waals surface area contributed by atoms with Crippen molar-refractivity contribution in [3.05, 3.63) is 23.7 Å². The van der Waals surface area contributed by atoms with Gasteiger partial charge in [0, 0.05) is 12.6 Å². The maximum Gasteiger partial charge on any atom is 0.339 e. The fraction of sp³-hybridized carbons (Fsp3) is 0.583. The van der Waals surface area contributed by atoms with Crippen molar-refractivity contribution in [2.75, 3.05) is 6.54 Å². The number of rotatable bonds is 3. The summed E-state index contributed by atoms with van der Waals surface area (Å²) in [5.41, 5.74) is 0.284. The molecule has 0 spiro atoms. The highest BCUT2D eigenvalue weighted by Gasteiger charge is 2.28. The molecule has 2 unspecified atom stereocenters. The molecule has 16 heavy (non-hydrogen) atoms. The van der Waals surface area contributed by atoms with E-state index in [2.05, 4.69) is 18.7 Å². The van der Waals surface area contributed by atoms with Crippen molar-refractivity contribution in [3.8, 4) is 0 Å². The molecule has 2 rings (SSSR count). The first-order valence-corrected chi connectivity index (χ1v) is 5.61. The third-order valence-electron chi connectivity index (χ3n) is 3.24. The summed E-state index contributed by atoms with van der Waals surface area (Å²) in [5, 5.41) is 8.97. The van der Waals surface area contributed by atoms with E-state index in [9.17, 15) is 4.79 Å². The van der Waals surface area contributed by atoms with Crippen LogP contribution in [0, 0.1) is 5.92 Å². The highest BCUT2D eigenvalue weighted by atomic mass is 16.4. The van der Waals surface area contributed by atoms with Gasteiger partial charge in [0.2, 0.25) is 0 Å². The maximum atomic E-state index is 10.9. The van der Waals surface area contributed by atoms with Crippen molar-refractivity contribution in [3.63, 3.8) is 0 Å². The Morgan fingerprint density at radius 2 is 2.38 bits per heavy atom. The van der Waals surface area contributed by atoms with Gasteiger partial charge in [0.05, 0.1) is 12.8 Å². The lowest BCUT2D eigenvalue weighted by Gasteiger charge is -2.19. The number of nitrogens with zero attached hydrogens (tertiary/aromatic N) is 1. The van der Waals surface area contributed by atoms with Gasteiger partial charge in [-0.2, -0.15) is 0 Å². The van der Waals surface area contributed by atoms with Crippen LogP contribution in [-0.2, 0) is 6.54 Å². The van der Waals surface area contributed by atoms with E-state index in [0.29, 0.717) is 24.3 Å². The van der Waals surface area contributed by atoms with E-state index in [1.165, 1.54) is 18.8 Å². The highest BCUT2D eigenvalue weighted by molar-refractivity contribution is 5.88. The first-order chi connectivity index (χ1) is 7.58. The predicted octanol–water partition coefficient (Wildman–Crippen LogP) is 2.21. The van der Waals surface area contributed by atoms with Gasteiger partial charge in [0.1, 0.15) is 11.3 Å². The molecule has 1 fully saturated rings. The Hall–Kier alpha value is -1.29. The SMILES string of the molecule is CC1CC(C)N(Cc2occc2C(=O)O)C1. The van der Waals surface area contributed by atoms with E-state index in [0.717, 1.165) is 6.54 Å². The molecule has 0 aromatic carbocycles. The summed E-state index contributed by atoms with van der Waals surface area (Å²) in [4.78, 5) is 13.2. The molecule has 1 aromatic rings. The van der Waals surface area contributed by atoms with E-state index < -0.39 is 5.97 Å². The van der Waals surface area contributed by atoms with Crippen molar-refractivity contribution in [1.82, 2.24) is 4.90 Å². The van der Waals surface area contributed by atoms with Crippen LogP contribution in [-0.4, -0.2) is 28.6 Å². The Morgan fingerprint density at radius 1 is 1.62 bits per heavy atom. The van der Waals surface area contributed by atoms with E-state index in [1.54, 1.807) is 0 Å². The van der Waals surface area contributed by atoms with Crippen LogP contribution in [0.1, 0.15) is 36.4 Å². The van der Waals surface area contributed by atoms with Crippen LogP contribution in [0.5, 0.6) is 0 Å². The van der Waals surface area contributed by atoms with Crippen molar-refractivity contribution >= 4 is 5.97 Å². The Kier molecular flexibility index (Phi) is 3.01. The molecule has 2 atom stereocenters. The molecule has 88 valence electrons. The van der Waals surface area contributed by atoms with Crippen LogP contribution in [0.4, 0.5) is 0 Å². The minimum atomic E-state index is -0.913. The number of furan rings is 1. The van der Waals surface area contributed by atoms with Crippen LogP contribution >= 0.6 is 0 Å². The summed E-state index contributed by atoms with van der Waals surface area (Å²) < 4.78 is 5.25. The van der Waals surface area contributed by atoms with Crippen molar-refractivity contribution in [1.29, 1.82) is 0 Å². The van der Waals surface area contributed by atoms with Crippen molar-refractivity contribution in [2.45, 2.75) is 32.9 Å². The molecule has 1 aliphatic rings. The van der Waals surface area contributed by atoms with Gasteiger partial charge in [0.15, 0.2) is 0 Å². The number of hydrogen-bond donors (Lipinski definition) is 1. The zero-order valence-electron chi connectivity index (χ0n) is 9.64. The number of carbonyl (C=O) groups is 1. The monoisotopic (exact) mass is 223 g/mol. The summed E-state index contributed by atoms with van der Waals surface area (Å²) in [7, 11) is 0. The molecule has 0 saturated carbocycles. The van der Waals surface area contributed by atoms with Gasteiger partial charge in [-0.05, 0) is 25.3 Å². The topological polar surface area (TPSA) is 53.7 Å². The largest absolute Gasteiger partial charge is 0.478 e. The Bertz CT molecular complexity index is 385. The van der Waals surface area contributed by atoms with Crippen molar-refractivity contribution in [2.24, 2.45) is 5.92 Å². The lowest BCUT2D eigenvalue weighted by Crippen LogP contribution is -2.27. The van der Waals surface area contributed by atoms with Gasteiger partial charge < -0.3 is 9.52 Å². The van der Waals surface area contributed by atoms with E-state index in [4.69, 9.17) is 9.52 Å². The molecule has 0 bridgehead atoms. The molecular weight excluding hydrogens is 206 g/mol.